The first-order valence-corrected chi connectivity index (χ1v) is 13.7. The Bertz CT molecular complexity index is 1600. The van der Waals surface area contributed by atoms with Gasteiger partial charge in [0.2, 0.25) is 0 Å². The van der Waals surface area contributed by atoms with Crippen LogP contribution in [0.3, 0.4) is 0 Å². The van der Waals surface area contributed by atoms with Gasteiger partial charge in [0.05, 0.1) is 73.1 Å². The van der Waals surface area contributed by atoms with E-state index in [4.69, 9.17) is 19.2 Å². The summed E-state index contributed by atoms with van der Waals surface area (Å²) in [5.74, 6) is -2.35. The zero-order chi connectivity index (χ0) is 27.8. The van der Waals surface area contributed by atoms with Crippen molar-refractivity contribution in [2.24, 2.45) is 5.41 Å². The molecule has 2 aromatic heterocycles. The average molecular weight is 565 g/mol. The molecule has 11 nitrogen and oxygen atoms in total. The Morgan fingerprint density at radius 2 is 1.93 bits per heavy atom. The summed E-state index contributed by atoms with van der Waals surface area (Å²) in [4.78, 5) is 38.0. The van der Waals surface area contributed by atoms with Crippen molar-refractivity contribution in [2.45, 2.75) is 43.3 Å². The minimum atomic E-state index is -0.990. The Hall–Kier alpha value is -4.02. The molecule has 3 aliphatic carbocycles. The number of anilines is 2. The van der Waals surface area contributed by atoms with Crippen molar-refractivity contribution in [3.05, 3.63) is 35.3 Å². The molecular formula is C27H25FN6O5S. The van der Waals surface area contributed by atoms with E-state index < -0.39 is 28.6 Å². The Balaban J connectivity index is 1.22. The van der Waals surface area contributed by atoms with Crippen molar-refractivity contribution in [3.8, 4) is 17.7 Å². The smallest absolute Gasteiger partial charge is 0.261 e. The Kier molecular flexibility index (Phi) is 5.46. The van der Waals surface area contributed by atoms with Gasteiger partial charge in [-0.2, -0.15) is 5.26 Å². The Morgan fingerprint density at radius 1 is 1.18 bits per heavy atom. The molecule has 2 aliphatic heterocycles. The molecule has 4 bridgehead atoms. The highest BCUT2D eigenvalue weighted by molar-refractivity contribution is 7.22. The topological polar surface area (TPSA) is 139 Å². The molecule has 1 aromatic carbocycles. The number of carbonyl (C=O) groups is 2. The lowest BCUT2D eigenvalue weighted by molar-refractivity contribution is -0.102. The maximum Gasteiger partial charge on any atom is 0.261 e. The molecule has 8 rings (SSSR count). The molecule has 0 spiro atoms. The number of hydrogen-bond donors (Lipinski definition) is 2. The minimum absolute atomic E-state index is 0.111. The monoisotopic (exact) mass is 564 g/mol. The molecule has 2 amide bonds. The molecule has 5 aliphatic rings. The number of morpholine rings is 1. The summed E-state index contributed by atoms with van der Waals surface area (Å²) in [5, 5.41) is 15.7. The number of thiazole rings is 1. The highest BCUT2D eigenvalue weighted by Crippen LogP contribution is 2.66. The third-order valence-electron chi connectivity index (χ3n) is 8.43. The van der Waals surface area contributed by atoms with E-state index in [2.05, 4.69) is 26.6 Å². The number of benzene rings is 1. The molecule has 3 aromatic rings. The highest BCUT2D eigenvalue weighted by Gasteiger charge is 2.69. The molecule has 5 fully saturated rings. The summed E-state index contributed by atoms with van der Waals surface area (Å²) in [7, 11) is 2.71. The van der Waals surface area contributed by atoms with E-state index in [0.717, 1.165) is 11.6 Å². The van der Waals surface area contributed by atoms with Crippen molar-refractivity contribution < 1.29 is 28.2 Å². The number of fused-ring (bicyclic) bond motifs is 3. The summed E-state index contributed by atoms with van der Waals surface area (Å²) in [6.07, 6.45) is 3.80. The second-order valence-corrected chi connectivity index (χ2v) is 11.9. The van der Waals surface area contributed by atoms with Crippen molar-refractivity contribution in [1.29, 1.82) is 5.26 Å². The molecule has 2 atom stereocenters. The van der Waals surface area contributed by atoms with Crippen molar-refractivity contribution >= 4 is 44.2 Å². The lowest BCUT2D eigenvalue weighted by Gasteiger charge is -2.66. The third kappa shape index (κ3) is 3.55. The van der Waals surface area contributed by atoms with Crippen LogP contribution < -0.4 is 25.0 Å². The number of carbonyl (C=O) groups excluding carboxylic acids is 2. The zero-order valence-electron chi connectivity index (χ0n) is 21.7. The van der Waals surface area contributed by atoms with Crippen LogP contribution in [0.25, 0.3) is 10.2 Å². The summed E-state index contributed by atoms with van der Waals surface area (Å²) in [6, 6.07) is 6.26. The second kappa shape index (κ2) is 8.74. The van der Waals surface area contributed by atoms with Gasteiger partial charge in [0, 0.05) is 5.54 Å². The van der Waals surface area contributed by atoms with Gasteiger partial charge in [-0.1, -0.05) is 11.3 Å². The number of amides is 2. The van der Waals surface area contributed by atoms with Gasteiger partial charge in [0.1, 0.15) is 16.9 Å². The number of hydrogen-bond acceptors (Lipinski definition) is 10. The van der Waals surface area contributed by atoms with E-state index >= 15 is 4.39 Å². The first-order valence-electron chi connectivity index (χ1n) is 12.9. The van der Waals surface area contributed by atoms with E-state index in [0.29, 0.717) is 48.4 Å². The summed E-state index contributed by atoms with van der Waals surface area (Å²) < 4.78 is 32.2. The quantitative estimate of drug-likeness (QED) is 0.443. The van der Waals surface area contributed by atoms with Gasteiger partial charge >= 0.3 is 0 Å². The number of nitrogens with one attached hydrogen (secondary N) is 2. The van der Waals surface area contributed by atoms with Crippen molar-refractivity contribution in [2.75, 3.05) is 37.7 Å². The number of aromatic nitrogens is 2. The lowest BCUT2D eigenvalue weighted by Crippen LogP contribution is -2.74. The first-order chi connectivity index (χ1) is 19.3. The number of halogens is 1. The van der Waals surface area contributed by atoms with Crippen LogP contribution in [0.15, 0.2) is 18.3 Å². The molecule has 0 radical (unpaired) electrons. The van der Waals surface area contributed by atoms with E-state index in [1.54, 1.807) is 12.1 Å². The van der Waals surface area contributed by atoms with Gasteiger partial charge in [-0.15, -0.1) is 0 Å². The van der Waals surface area contributed by atoms with Crippen LogP contribution in [-0.4, -0.2) is 66.8 Å². The zero-order valence-corrected chi connectivity index (χ0v) is 22.6. The fourth-order valence-electron chi connectivity index (χ4n) is 6.56. The summed E-state index contributed by atoms with van der Waals surface area (Å²) in [5.41, 5.74) is -0.581. The van der Waals surface area contributed by atoms with Gasteiger partial charge < -0.3 is 29.7 Å². The van der Waals surface area contributed by atoms with E-state index in [1.165, 1.54) is 31.8 Å². The van der Waals surface area contributed by atoms with Gasteiger partial charge in [-0.25, -0.2) is 14.4 Å². The molecule has 40 heavy (non-hydrogen) atoms. The molecule has 3 saturated carbocycles. The molecule has 13 heteroatoms. The molecule has 2 unspecified atom stereocenters. The van der Waals surface area contributed by atoms with Crippen LogP contribution in [0.2, 0.25) is 0 Å². The highest BCUT2D eigenvalue weighted by atomic mass is 32.1. The molecular weight excluding hydrogens is 539 g/mol. The number of nitriles is 1. The lowest BCUT2D eigenvalue weighted by atomic mass is 9.40. The average Bonchev–Trinajstić information content (AvgIpc) is 3.32. The number of rotatable bonds is 7. The number of methoxy groups -OCH3 is 2. The summed E-state index contributed by atoms with van der Waals surface area (Å²) in [6.45, 7) is 1.28. The van der Waals surface area contributed by atoms with Crippen LogP contribution in [0.5, 0.6) is 11.6 Å². The van der Waals surface area contributed by atoms with E-state index in [-0.39, 0.29) is 34.8 Å². The van der Waals surface area contributed by atoms with Gasteiger partial charge in [-0.05, 0) is 37.8 Å². The van der Waals surface area contributed by atoms with Crippen LogP contribution in [0.4, 0.5) is 15.2 Å². The van der Waals surface area contributed by atoms with Crippen LogP contribution in [-0.2, 0) is 4.74 Å². The number of ether oxygens (including phenoxy) is 3. The largest absolute Gasteiger partial charge is 0.496 e. The minimum Gasteiger partial charge on any atom is -0.496 e. The number of nitrogens with zero attached hydrogens (tertiary/aromatic N) is 4. The SMILES string of the molecule is COc1ccc2nc(N3C4COCC3C4)sc2c1C(=O)Nc1cnc(OC)c(F)c1C(=O)NC12CC(C#N)(C1)C2. The Labute approximate surface area is 232 Å². The van der Waals surface area contributed by atoms with Gasteiger partial charge in [-0.3, -0.25) is 9.59 Å². The normalized spacial score (nSPS) is 27.5. The van der Waals surface area contributed by atoms with Crippen LogP contribution in [0.1, 0.15) is 46.4 Å². The second-order valence-electron chi connectivity index (χ2n) is 11.0. The molecule has 2 N–H and O–H groups in total. The first kappa shape index (κ1) is 25.0. The number of pyridine rings is 1. The predicted octanol–water partition coefficient (Wildman–Crippen LogP) is 3.25. The van der Waals surface area contributed by atoms with E-state index in [1.807, 2.05) is 0 Å². The van der Waals surface area contributed by atoms with Gasteiger partial charge in [0.25, 0.3) is 17.7 Å². The third-order valence-corrected chi connectivity index (χ3v) is 9.53. The van der Waals surface area contributed by atoms with Crippen LogP contribution in [0, 0.1) is 22.6 Å². The van der Waals surface area contributed by atoms with Crippen molar-refractivity contribution in [3.63, 3.8) is 0 Å². The molecule has 2 saturated heterocycles. The maximum absolute atomic E-state index is 15.4. The van der Waals surface area contributed by atoms with Gasteiger partial charge in [0.15, 0.2) is 10.9 Å². The summed E-state index contributed by atoms with van der Waals surface area (Å²) >= 11 is 1.38. The molecule has 4 heterocycles. The molecule has 206 valence electrons. The fraction of sp³-hybridized carbons (Fsp3) is 0.444. The Morgan fingerprint density at radius 3 is 2.58 bits per heavy atom. The van der Waals surface area contributed by atoms with Crippen molar-refractivity contribution in [1.82, 2.24) is 15.3 Å². The van der Waals surface area contributed by atoms with Crippen LogP contribution >= 0.6 is 11.3 Å². The maximum atomic E-state index is 15.4. The van der Waals surface area contributed by atoms with E-state index in [9.17, 15) is 14.9 Å². The standard InChI is InChI=1S/C27H25FN6O5S/c1-37-17-4-3-15-21(40-25(32-15)34-13-5-14(34)8-39-7-13)19(17)22(35)31-16-6-30-24(38-2)20(28)18(16)23(36)33-27-9-26(10-27,11-27)12-29/h3-4,6,13-14H,5,7-11H2,1-2H3,(H,31,35)(H,33,36). The fourth-order valence-corrected chi connectivity index (χ4v) is 7.81. The predicted molar refractivity (Wildman–Crippen MR) is 142 cm³/mol.